The molecule has 1 aromatic carbocycles. The van der Waals surface area contributed by atoms with E-state index in [0.717, 1.165) is 16.7 Å². The highest BCUT2D eigenvalue weighted by atomic mass is 79.9. The first-order chi connectivity index (χ1) is 8.75. The number of hydrogen-bond acceptors (Lipinski definition) is 4. The largest absolute Gasteiger partial charge is 0.369 e. The highest BCUT2D eigenvalue weighted by molar-refractivity contribution is 9.10. The quantitative estimate of drug-likeness (QED) is 0.921. The number of aliphatic imine (C=N–C) groups is 1. The van der Waals surface area contributed by atoms with Crippen LogP contribution in [0.5, 0.6) is 0 Å². The van der Waals surface area contributed by atoms with Crippen LogP contribution in [0.25, 0.3) is 0 Å². The second-order valence-corrected chi connectivity index (χ2v) is 5.82. The molecular weight excluding hydrogens is 310 g/mol. The average Bonchev–Trinajstić information content (AvgIpc) is 2.97. The molecule has 2 heterocycles. The Labute approximate surface area is 118 Å². The molecule has 18 heavy (non-hydrogen) atoms. The van der Waals surface area contributed by atoms with Crippen LogP contribution in [0.3, 0.4) is 0 Å². The van der Waals surface area contributed by atoms with Crippen molar-refractivity contribution in [1.82, 2.24) is 0 Å². The van der Waals surface area contributed by atoms with E-state index in [-0.39, 0.29) is 6.04 Å². The van der Waals surface area contributed by atoms with Crippen LogP contribution in [0.2, 0.25) is 0 Å². The molecule has 0 saturated heterocycles. The minimum atomic E-state index is 0.213. The number of halogens is 1. The lowest BCUT2D eigenvalue weighted by atomic mass is 10.1. The van der Waals surface area contributed by atoms with Gasteiger partial charge in [-0.25, -0.2) is 0 Å². The van der Waals surface area contributed by atoms with Crippen molar-refractivity contribution >= 4 is 38.9 Å². The molecule has 2 N–H and O–H groups in total. The Balaban J connectivity index is 1.99. The minimum absolute atomic E-state index is 0.213. The lowest BCUT2D eigenvalue weighted by molar-refractivity contribution is 0.772. The second-order valence-electron chi connectivity index (χ2n) is 4.12. The monoisotopic (exact) mass is 321 g/mol. The van der Waals surface area contributed by atoms with Gasteiger partial charge in [0.25, 0.3) is 0 Å². The molecule has 5 heteroatoms. The van der Waals surface area contributed by atoms with E-state index in [1.807, 2.05) is 12.1 Å². The van der Waals surface area contributed by atoms with Gasteiger partial charge in [-0.3, -0.25) is 4.99 Å². The number of thiophene rings is 1. The Morgan fingerprint density at radius 3 is 3.00 bits per heavy atom. The van der Waals surface area contributed by atoms with E-state index in [0.29, 0.717) is 5.96 Å². The summed E-state index contributed by atoms with van der Waals surface area (Å²) >= 11 is 5.19. The van der Waals surface area contributed by atoms with E-state index in [4.69, 9.17) is 5.73 Å². The normalized spacial score (nSPS) is 19.1. The fourth-order valence-electron chi connectivity index (χ4n) is 2.15. The lowest BCUT2D eigenvalue weighted by Gasteiger charge is -2.26. The fourth-order valence-corrected chi connectivity index (χ4v) is 3.25. The number of nitrogens with zero attached hydrogens (tertiary/aromatic N) is 2. The van der Waals surface area contributed by atoms with Crippen LogP contribution in [-0.4, -0.2) is 12.5 Å². The summed E-state index contributed by atoms with van der Waals surface area (Å²) in [6, 6.07) is 10.5. The molecule has 0 aliphatic carbocycles. The van der Waals surface area contributed by atoms with Gasteiger partial charge in [0.1, 0.15) is 0 Å². The Bertz CT molecular complexity index is 580. The smallest absolute Gasteiger partial charge is 0.196 e. The van der Waals surface area contributed by atoms with Gasteiger partial charge in [-0.05, 0) is 40.6 Å². The molecule has 1 aromatic heterocycles. The van der Waals surface area contributed by atoms with E-state index in [2.05, 4.69) is 54.8 Å². The summed E-state index contributed by atoms with van der Waals surface area (Å²) in [5.74, 6) is 0.587. The highest BCUT2D eigenvalue weighted by Crippen LogP contribution is 2.33. The van der Waals surface area contributed by atoms with Crippen LogP contribution in [0.1, 0.15) is 11.6 Å². The summed E-state index contributed by atoms with van der Waals surface area (Å²) in [4.78, 5) is 6.46. The van der Waals surface area contributed by atoms with Crippen LogP contribution in [0.15, 0.2) is 50.6 Å². The zero-order valence-corrected chi connectivity index (χ0v) is 12.0. The summed E-state index contributed by atoms with van der Waals surface area (Å²) < 4.78 is 1.05. The molecule has 0 fully saturated rings. The first-order valence-electron chi connectivity index (χ1n) is 5.62. The topological polar surface area (TPSA) is 41.6 Å². The van der Waals surface area contributed by atoms with E-state index in [9.17, 15) is 0 Å². The van der Waals surface area contributed by atoms with Gasteiger partial charge < -0.3 is 10.6 Å². The van der Waals surface area contributed by atoms with Crippen molar-refractivity contribution in [3.8, 4) is 0 Å². The lowest BCUT2D eigenvalue weighted by Crippen LogP contribution is -2.35. The standard InChI is InChI=1S/C13H12BrN3S/c14-10-2-1-3-11(6-10)17-12(7-16-13(17)15)9-4-5-18-8-9/h1-6,8,12H,7H2,(H2,15,16). The predicted molar refractivity (Wildman–Crippen MR) is 80.2 cm³/mol. The minimum Gasteiger partial charge on any atom is -0.369 e. The first kappa shape index (κ1) is 11.7. The number of hydrogen-bond donors (Lipinski definition) is 1. The van der Waals surface area contributed by atoms with Gasteiger partial charge >= 0.3 is 0 Å². The Morgan fingerprint density at radius 2 is 2.28 bits per heavy atom. The zero-order chi connectivity index (χ0) is 12.5. The molecule has 0 amide bonds. The van der Waals surface area contributed by atoms with Crippen molar-refractivity contribution in [2.45, 2.75) is 6.04 Å². The van der Waals surface area contributed by atoms with E-state index in [1.54, 1.807) is 11.3 Å². The van der Waals surface area contributed by atoms with Crippen molar-refractivity contribution in [1.29, 1.82) is 0 Å². The molecule has 1 aliphatic rings. The number of guanidine groups is 1. The zero-order valence-electron chi connectivity index (χ0n) is 9.58. The van der Waals surface area contributed by atoms with Gasteiger partial charge in [-0.1, -0.05) is 22.0 Å². The number of nitrogens with two attached hydrogens (primary N) is 1. The molecule has 0 bridgehead atoms. The highest BCUT2D eigenvalue weighted by Gasteiger charge is 2.28. The van der Waals surface area contributed by atoms with Crippen molar-refractivity contribution in [3.63, 3.8) is 0 Å². The molecule has 1 unspecified atom stereocenters. The van der Waals surface area contributed by atoms with Crippen molar-refractivity contribution in [2.24, 2.45) is 10.7 Å². The molecule has 2 aromatic rings. The van der Waals surface area contributed by atoms with Crippen molar-refractivity contribution in [2.75, 3.05) is 11.4 Å². The van der Waals surface area contributed by atoms with Crippen LogP contribution >= 0.6 is 27.3 Å². The van der Waals surface area contributed by atoms with Crippen molar-refractivity contribution in [3.05, 3.63) is 51.1 Å². The second kappa shape index (κ2) is 4.74. The van der Waals surface area contributed by atoms with Gasteiger partial charge in [0.05, 0.1) is 12.6 Å². The van der Waals surface area contributed by atoms with Gasteiger partial charge in [0, 0.05) is 10.2 Å². The Hall–Kier alpha value is -1.33. The van der Waals surface area contributed by atoms with Gasteiger partial charge in [-0.15, -0.1) is 0 Å². The van der Waals surface area contributed by atoms with Crippen molar-refractivity contribution < 1.29 is 0 Å². The van der Waals surface area contributed by atoms with Crippen LogP contribution in [0, 0.1) is 0 Å². The third-order valence-corrected chi connectivity index (χ3v) is 4.19. The third kappa shape index (κ3) is 2.04. The maximum atomic E-state index is 6.02. The number of rotatable bonds is 2. The summed E-state index contributed by atoms with van der Waals surface area (Å²) in [5.41, 5.74) is 8.36. The molecule has 0 saturated carbocycles. The van der Waals surface area contributed by atoms with E-state index >= 15 is 0 Å². The molecule has 1 aliphatic heterocycles. The fraction of sp³-hybridized carbons (Fsp3) is 0.154. The maximum Gasteiger partial charge on any atom is 0.196 e. The molecular formula is C13H12BrN3S. The average molecular weight is 322 g/mol. The molecule has 0 spiro atoms. The first-order valence-corrected chi connectivity index (χ1v) is 7.36. The van der Waals surface area contributed by atoms with Gasteiger partial charge in [0.15, 0.2) is 5.96 Å². The summed E-state index contributed by atoms with van der Waals surface area (Å²) in [7, 11) is 0. The Morgan fingerprint density at radius 1 is 1.39 bits per heavy atom. The molecule has 0 radical (unpaired) electrons. The maximum absolute atomic E-state index is 6.02. The van der Waals surface area contributed by atoms with E-state index < -0.39 is 0 Å². The predicted octanol–water partition coefficient (Wildman–Crippen LogP) is 3.39. The molecule has 92 valence electrons. The molecule has 3 nitrogen and oxygen atoms in total. The summed E-state index contributed by atoms with van der Waals surface area (Å²) in [6.07, 6.45) is 0. The van der Waals surface area contributed by atoms with Crippen LogP contribution in [-0.2, 0) is 0 Å². The SMILES string of the molecule is NC1=NCC(c2ccsc2)N1c1cccc(Br)c1. The van der Waals surface area contributed by atoms with Crippen LogP contribution < -0.4 is 10.6 Å². The Kier molecular flexibility index (Phi) is 3.09. The van der Waals surface area contributed by atoms with E-state index in [1.165, 1.54) is 5.56 Å². The van der Waals surface area contributed by atoms with Gasteiger partial charge in [0.2, 0.25) is 0 Å². The third-order valence-electron chi connectivity index (χ3n) is 3.00. The summed E-state index contributed by atoms with van der Waals surface area (Å²) in [6.45, 7) is 0.717. The number of anilines is 1. The molecule has 3 rings (SSSR count). The number of benzene rings is 1. The van der Waals surface area contributed by atoms with Crippen LogP contribution in [0.4, 0.5) is 5.69 Å². The summed E-state index contributed by atoms with van der Waals surface area (Å²) in [5, 5.41) is 4.24. The van der Waals surface area contributed by atoms with Gasteiger partial charge in [-0.2, -0.15) is 11.3 Å². The molecule has 1 atom stereocenters.